The van der Waals surface area contributed by atoms with Crippen LogP contribution in [-0.4, -0.2) is 39.6 Å². The second-order valence-electron chi connectivity index (χ2n) is 4.28. The van der Waals surface area contributed by atoms with E-state index in [1.54, 1.807) is 0 Å². The number of hydrogen-bond acceptors (Lipinski definition) is 4. The Morgan fingerprint density at radius 3 is 2.94 bits per heavy atom. The molecule has 0 amide bonds. The molecule has 0 saturated carbocycles. The lowest BCUT2D eigenvalue weighted by Gasteiger charge is -2.26. The molecule has 0 bridgehead atoms. The standard InChI is InChI=1S/C12H18N2O3S/c1-2-9-7-13-12(18-8-11(15)16)14(9)10-3-5-17-6-4-10/h7,10H,2-6,8H2,1H3,(H,15,16). The van der Waals surface area contributed by atoms with Gasteiger partial charge >= 0.3 is 5.97 Å². The number of aliphatic carboxylic acids is 1. The molecule has 2 rings (SSSR count). The van der Waals surface area contributed by atoms with E-state index in [0.717, 1.165) is 37.6 Å². The number of imidazole rings is 1. The van der Waals surface area contributed by atoms with E-state index in [1.807, 2.05) is 6.20 Å². The van der Waals surface area contributed by atoms with Gasteiger partial charge in [-0.2, -0.15) is 0 Å². The number of carboxylic acid groups (broad SMARTS) is 1. The van der Waals surface area contributed by atoms with E-state index < -0.39 is 5.97 Å². The Morgan fingerprint density at radius 2 is 2.33 bits per heavy atom. The van der Waals surface area contributed by atoms with Crippen LogP contribution in [0.15, 0.2) is 11.4 Å². The summed E-state index contributed by atoms with van der Waals surface area (Å²) < 4.78 is 7.58. The van der Waals surface area contributed by atoms with Crippen LogP contribution in [0.2, 0.25) is 0 Å². The molecule has 5 nitrogen and oxygen atoms in total. The van der Waals surface area contributed by atoms with Gasteiger partial charge in [-0.3, -0.25) is 4.79 Å². The Bertz CT molecular complexity index is 413. The number of nitrogens with zero attached hydrogens (tertiary/aromatic N) is 2. The fourth-order valence-corrected chi connectivity index (χ4v) is 2.99. The van der Waals surface area contributed by atoms with Gasteiger partial charge in [0.2, 0.25) is 0 Å². The van der Waals surface area contributed by atoms with Gasteiger partial charge in [-0.05, 0) is 19.3 Å². The highest BCUT2D eigenvalue weighted by Crippen LogP contribution is 2.29. The van der Waals surface area contributed by atoms with Crippen LogP contribution in [0.5, 0.6) is 0 Å². The smallest absolute Gasteiger partial charge is 0.313 e. The molecule has 0 radical (unpaired) electrons. The summed E-state index contributed by atoms with van der Waals surface area (Å²) in [5.41, 5.74) is 1.18. The maximum absolute atomic E-state index is 10.7. The molecule has 2 heterocycles. The van der Waals surface area contributed by atoms with Crippen molar-refractivity contribution in [2.75, 3.05) is 19.0 Å². The van der Waals surface area contributed by atoms with Crippen LogP contribution < -0.4 is 0 Å². The van der Waals surface area contributed by atoms with Gasteiger partial charge < -0.3 is 14.4 Å². The van der Waals surface area contributed by atoms with Crippen LogP contribution in [0.4, 0.5) is 0 Å². The first kappa shape index (κ1) is 13.4. The SMILES string of the molecule is CCc1cnc(SCC(=O)O)n1C1CCOCC1. The molecule has 0 unspecified atom stereocenters. The topological polar surface area (TPSA) is 64.3 Å². The molecule has 1 aromatic rings. The summed E-state index contributed by atoms with van der Waals surface area (Å²) in [7, 11) is 0. The van der Waals surface area contributed by atoms with Crippen LogP contribution in [0, 0.1) is 0 Å². The molecule has 1 N–H and O–H groups in total. The van der Waals surface area contributed by atoms with Crippen molar-refractivity contribution in [3.8, 4) is 0 Å². The number of carbonyl (C=O) groups is 1. The van der Waals surface area contributed by atoms with E-state index in [4.69, 9.17) is 9.84 Å². The van der Waals surface area contributed by atoms with Gasteiger partial charge in [0.1, 0.15) is 0 Å². The number of ether oxygens (including phenoxy) is 1. The van der Waals surface area contributed by atoms with Gasteiger partial charge in [-0.1, -0.05) is 18.7 Å². The average Bonchev–Trinajstić information content (AvgIpc) is 2.80. The fraction of sp³-hybridized carbons (Fsp3) is 0.667. The number of rotatable bonds is 5. The quantitative estimate of drug-likeness (QED) is 0.829. The second-order valence-corrected chi connectivity index (χ2v) is 5.22. The van der Waals surface area contributed by atoms with Gasteiger partial charge in [0.15, 0.2) is 5.16 Å². The van der Waals surface area contributed by atoms with Crippen molar-refractivity contribution in [1.82, 2.24) is 9.55 Å². The van der Waals surface area contributed by atoms with Gasteiger partial charge in [-0.15, -0.1) is 0 Å². The lowest BCUT2D eigenvalue weighted by molar-refractivity contribution is -0.133. The highest BCUT2D eigenvalue weighted by atomic mass is 32.2. The minimum atomic E-state index is -0.806. The first-order chi connectivity index (χ1) is 8.72. The molecule has 6 heteroatoms. The highest BCUT2D eigenvalue weighted by Gasteiger charge is 2.21. The van der Waals surface area contributed by atoms with Crippen molar-refractivity contribution in [3.63, 3.8) is 0 Å². The normalized spacial score (nSPS) is 16.9. The molecule has 1 saturated heterocycles. The maximum Gasteiger partial charge on any atom is 0.313 e. The highest BCUT2D eigenvalue weighted by molar-refractivity contribution is 7.99. The lowest BCUT2D eigenvalue weighted by atomic mass is 10.1. The number of thioether (sulfide) groups is 1. The van der Waals surface area contributed by atoms with Crippen molar-refractivity contribution in [2.24, 2.45) is 0 Å². The zero-order valence-corrected chi connectivity index (χ0v) is 11.3. The molecular weight excluding hydrogens is 252 g/mol. The van der Waals surface area contributed by atoms with Crippen molar-refractivity contribution in [3.05, 3.63) is 11.9 Å². The number of hydrogen-bond donors (Lipinski definition) is 1. The summed E-state index contributed by atoms with van der Waals surface area (Å²) >= 11 is 1.30. The Balaban J connectivity index is 2.18. The molecule has 1 fully saturated rings. The minimum absolute atomic E-state index is 0.0589. The largest absolute Gasteiger partial charge is 0.481 e. The molecule has 0 aliphatic carbocycles. The van der Waals surface area contributed by atoms with Crippen molar-refractivity contribution < 1.29 is 14.6 Å². The summed E-state index contributed by atoms with van der Waals surface area (Å²) in [5, 5.41) is 9.58. The van der Waals surface area contributed by atoms with Crippen LogP contribution in [0.3, 0.4) is 0 Å². The Kier molecular flexibility index (Phi) is 4.66. The van der Waals surface area contributed by atoms with Gasteiger partial charge in [-0.25, -0.2) is 4.98 Å². The zero-order chi connectivity index (χ0) is 13.0. The fourth-order valence-electron chi connectivity index (χ4n) is 2.21. The van der Waals surface area contributed by atoms with E-state index in [2.05, 4.69) is 16.5 Å². The third kappa shape index (κ3) is 3.05. The van der Waals surface area contributed by atoms with Crippen LogP contribution >= 0.6 is 11.8 Å². The molecule has 0 spiro atoms. The third-order valence-corrected chi connectivity index (χ3v) is 4.03. The summed E-state index contributed by atoms with van der Waals surface area (Å²) in [6, 6.07) is 0.396. The average molecular weight is 270 g/mol. The lowest BCUT2D eigenvalue weighted by Crippen LogP contribution is -2.21. The number of aromatic nitrogens is 2. The molecule has 1 aliphatic rings. The Morgan fingerprint density at radius 1 is 1.61 bits per heavy atom. The molecule has 0 atom stereocenters. The van der Waals surface area contributed by atoms with Crippen molar-refractivity contribution in [2.45, 2.75) is 37.4 Å². The zero-order valence-electron chi connectivity index (χ0n) is 10.5. The van der Waals surface area contributed by atoms with Crippen molar-refractivity contribution in [1.29, 1.82) is 0 Å². The van der Waals surface area contributed by atoms with Gasteiger partial charge in [0, 0.05) is 31.1 Å². The second kappa shape index (κ2) is 6.24. The molecule has 18 heavy (non-hydrogen) atoms. The molecule has 100 valence electrons. The monoisotopic (exact) mass is 270 g/mol. The first-order valence-electron chi connectivity index (χ1n) is 6.20. The van der Waals surface area contributed by atoms with Crippen LogP contribution in [0.1, 0.15) is 31.5 Å². The summed E-state index contributed by atoms with van der Waals surface area (Å²) in [6.07, 6.45) is 4.73. The molecular formula is C12H18N2O3S. The van der Waals surface area contributed by atoms with Gasteiger partial charge in [0.25, 0.3) is 0 Å². The predicted molar refractivity (Wildman–Crippen MR) is 69.1 cm³/mol. The molecule has 0 aromatic carbocycles. The van der Waals surface area contributed by atoms with E-state index in [-0.39, 0.29) is 5.75 Å². The number of aryl methyl sites for hydroxylation is 1. The summed E-state index contributed by atoms with van der Waals surface area (Å²) in [6.45, 7) is 3.64. The van der Waals surface area contributed by atoms with E-state index in [0.29, 0.717) is 6.04 Å². The molecule has 1 aromatic heterocycles. The Labute approximate surface area is 111 Å². The Hall–Kier alpha value is -1.01. The number of carboxylic acids is 1. The maximum atomic E-state index is 10.7. The molecule has 1 aliphatic heterocycles. The van der Waals surface area contributed by atoms with E-state index in [1.165, 1.54) is 17.5 Å². The third-order valence-electron chi connectivity index (χ3n) is 3.08. The predicted octanol–water partition coefficient (Wildman–Crippen LogP) is 1.97. The minimum Gasteiger partial charge on any atom is -0.481 e. The van der Waals surface area contributed by atoms with Crippen LogP contribution in [0.25, 0.3) is 0 Å². The summed E-state index contributed by atoms with van der Waals surface area (Å²) in [5.74, 6) is -0.747. The van der Waals surface area contributed by atoms with Crippen molar-refractivity contribution >= 4 is 17.7 Å². The summed E-state index contributed by atoms with van der Waals surface area (Å²) in [4.78, 5) is 15.0. The first-order valence-corrected chi connectivity index (χ1v) is 7.19. The van der Waals surface area contributed by atoms with Crippen LogP contribution in [-0.2, 0) is 16.0 Å². The van der Waals surface area contributed by atoms with Gasteiger partial charge in [0.05, 0.1) is 5.75 Å². The van der Waals surface area contributed by atoms with E-state index in [9.17, 15) is 4.79 Å². The van der Waals surface area contributed by atoms with E-state index >= 15 is 0 Å².